The summed E-state index contributed by atoms with van der Waals surface area (Å²) >= 11 is 0. The van der Waals surface area contributed by atoms with Gasteiger partial charge in [0.25, 0.3) is 0 Å². The van der Waals surface area contributed by atoms with Crippen LogP contribution in [-0.2, 0) is 14.3 Å². The first-order valence-electron chi connectivity index (χ1n) is 8.08. The Kier molecular flexibility index (Phi) is 2.12. The Labute approximate surface area is 132 Å². The summed E-state index contributed by atoms with van der Waals surface area (Å²) < 4.78 is 11.5. The first-order valence-corrected chi connectivity index (χ1v) is 8.08. The molecule has 0 N–H and O–H groups in total. The number of carbonyl (C=O) groups excluding carboxylic acids is 1. The molecule has 0 aromatic heterocycles. The quantitative estimate of drug-likeness (QED) is 0.596. The third-order valence-corrected chi connectivity index (χ3v) is 5.67. The van der Waals surface area contributed by atoms with Gasteiger partial charge in [-0.05, 0) is 32.7 Å². The van der Waals surface area contributed by atoms with Crippen molar-refractivity contribution in [2.24, 2.45) is 0 Å². The second-order valence-electron chi connectivity index (χ2n) is 6.66. The van der Waals surface area contributed by atoms with Gasteiger partial charge in [0.1, 0.15) is 0 Å². The van der Waals surface area contributed by atoms with Crippen molar-refractivity contribution in [2.45, 2.75) is 24.2 Å². The molecule has 2 saturated heterocycles. The van der Waals surface area contributed by atoms with Gasteiger partial charge in [-0.25, -0.2) is 0 Å². The number of fused-ring (bicyclic) bond motifs is 2. The molecule has 112 valence electrons. The minimum absolute atomic E-state index is 0.0191. The second-order valence-corrected chi connectivity index (χ2v) is 6.66. The number of benzene rings is 3. The number of ketones is 1. The van der Waals surface area contributed by atoms with Crippen molar-refractivity contribution in [3.8, 4) is 0 Å². The third kappa shape index (κ3) is 1.32. The zero-order valence-electron chi connectivity index (χ0n) is 12.4. The van der Waals surface area contributed by atoms with Crippen LogP contribution in [0.3, 0.4) is 0 Å². The van der Waals surface area contributed by atoms with Crippen molar-refractivity contribution in [3.05, 3.63) is 59.7 Å². The third-order valence-electron chi connectivity index (χ3n) is 5.67. The summed E-state index contributed by atoms with van der Waals surface area (Å²) in [4.78, 5) is 12.9. The van der Waals surface area contributed by atoms with Crippen LogP contribution in [-0.4, -0.2) is 24.8 Å². The van der Waals surface area contributed by atoms with Crippen LogP contribution in [0.4, 0.5) is 0 Å². The lowest BCUT2D eigenvalue weighted by Crippen LogP contribution is -2.43. The number of hydrogen-bond donors (Lipinski definition) is 0. The molecule has 3 aromatic rings. The summed E-state index contributed by atoms with van der Waals surface area (Å²) in [6.07, 6.45) is -0.692. The molecule has 2 fully saturated rings. The van der Waals surface area contributed by atoms with Crippen LogP contribution in [0.1, 0.15) is 23.0 Å². The highest BCUT2D eigenvalue weighted by molar-refractivity contribution is 6.13. The molecule has 0 spiro atoms. The maximum absolute atomic E-state index is 12.9. The van der Waals surface area contributed by atoms with E-state index in [1.165, 1.54) is 32.7 Å². The number of Topliss-reactive ketones (excluding diaryl/α,β-unsaturated/α-hetero) is 1. The summed E-state index contributed by atoms with van der Waals surface area (Å²) in [7, 11) is 0. The van der Waals surface area contributed by atoms with Crippen molar-refractivity contribution in [1.29, 1.82) is 0 Å². The van der Waals surface area contributed by atoms with Crippen LogP contribution in [0.15, 0.2) is 48.5 Å². The van der Waals surface area contributed by atoms with Crippen molar-refractivity contribution in [2.75, 3.05) is 6.61 Å². The van der Waals surface area contributed by atoms with Gasteiger partial charge in [-0.2, -0.15) is 0 Å². The molecule has 4 atom stereocenters. The Morgan fingerprint density at radius 1 is 0.826 bits per heavy atom. The lowest BCUT2D eigenvalue weighted by molar-refractivity contribution is -0.156. The topological polar surface area (TPSA) is 35.5 Å². The maximum atomic E-state index is 12.9. The minimum atomic E-state index is -0.673. The highest BCUT2D eigenvalue weighted by Gasteiger charge is 2.54. The van der Waals surface area contributed by atoms with Crippen LogP contribution in [0.5, 0.6) is 0 Å². The van der Waals surface area contributed by atoms with E-state index in [1.54, 1.807) is 0 Å². The summed E-state index contributed by atoms with van der Waals surface area (Å²) in [6.45, 7) is 0.513. The number of rotatable bonds is 0. The first-order chi connectivity index (χ1) is 11.3. The Hall–Kier alpha value is -2.23. The molecule has 0 amide bonds. The zero-order chi connectivity index (χ0) is 15.1. The van der Waals surface area contributed by atoms with E-state index in [0.29, 0.717) is 6.61 Å². The van der Waals surface area contributed by atoms with E-state index < -0.39 is 6.29 Å². The normalized spacial score (nSPS) is 31.0. The monoisotopic (exact) mass is 302 g/mol. The lowest BCUT2D eigenvalue weighted by atomic mass is 9.64. The van der Waals surface area contributed by atoms with E-state index in [2.05, 4.69) is 48.5 Å². The molecule has 0 saturated carbocycles. The van der Waals surface area contributed by atoms with Gasteiger partial charge in [-0.3, -0.25) is 4.79 Å². The summed E-state index contributed by atoms with van der Waals surface area (Å²) in [5.41, 5.74) is 2.43. The smallest absolute Gasteiger partial charge is 0.218 e. The molecule has 2 aliphatic heterocycles. The fraction of sp³-hybridized carbons (Fsp3) is 0.250. The second kappa shape index (κ2) is 3.99. The highest BCUT2D eigenvalue weighted by Crippen LogP contribution is 2.56. The molecular formula is C20H14O3. The van der Waals surface area contributed by atoms with Gasteiger partial charge in [0.2, 0.25) is 6.29 Å². The molecule has 3 aromatic carbocycles. The fourth-order valence-electron chi connectivity index (χ4n) is 4.86. The summed E-state index contributed by atoms with van der Waals surface area (Å²) in [6, 6.07) is 16.9. The Morgan fingerprint density at radius 3 is 2.00 bits per heavy atom. The largest absolute Gasteiger partial charge is 0.343 e. The first kappa shape index (κ1) is 12.2. The van der Waals surface area contributed by atoms with E-state index in [4.69, 9.17) is 9.47 Å². The van der Waals surface area contributed by atoms with Gasteiger partial charge >= 0.3 is 0 Å². The molecule has 2 heterocycles. The number of carbonyl (C=O) groups is 1. The van der Waals surface area contributed by atoms with Gasteiger partial charge in [0.15, 0.2) is 5.78 Å². The Balaban J connectivity index is 1.85. The maximum Gasteiger partial charge on any atom is 0.218 e. The molecule has 3 nitrogen and oxygen atoms in total. The van der Waals surface area contributed by atoms with Gasteiger partial charge in [-0.15, -0.1) is 0 Å². The summed E-state index contributed by atoms with van der Waals surface area (Å²) in [5.74, 6) is 0.0438. The molecule has 0 radical (unpaired) electrons. The van der Waals surface area contributed by atoms with E-state index in [0.717, 1.165) is 0 Å². The van der Waals surface area contributed by atoms with Crippen LogP contribution in [0, 0.1) is 0 Å². The Morgan fingerprint density at radius 2 is 1.39 bits per heavy atom. The summed E-state index contributed by atoms with van der Waals surface area (Å²) in [5, 5.41) is 4.92. The molecule has 4 aliphatic rings. The molecule has 7 rings (SSSR count). The minimum Gasteiger partial charge on any atom is -0.343 e. The SMILES string of the molecule is O=C1C2OCC(O2)C2c3c4ccccc4c(c4ccccc34)C12. The average molecular weight is 302 g/mol. The molecule has 2 aliphatic carbocycles. The number of hydrogen-bond acceptors (Lipinski definition) is 3. The van der Waals surface area contributed by atoms with Crippen molar-refractivity contribution in [1.82, 2.24) is 0 Å². The van der Waals surface area contributed by atoms with Crippen LogP contribution in [0.25, 0.3) is 21.5 Å². The lowest BCUT2D eigenvalue weighted by Gasteiger charge is -2.41. The average Bonchev–Trinajstić information content (AvgIpc) is 3.05. The molecule has 23 heavy (non-hydrogen) atoms. The standard InChI is InChI=1S/C20H14O3/c21-19-18-16-12-7-3-1-5-10(12)15(11-6-2-4-8-13(11)16)17(18)14-9-22-20(19)23-14/h1-8,14,17-18,20H,9H2. The molecular weight excluding hydrogens is 288 g/mol. The zero-order valence-corrected chi connectivity index (χ0v) is 12.4. The van der Waals surface area contributed by atoms with Gasteiger partial charge in [0.05, 0.1) is 18.6 Å². The van der Waals surface area contributed by atoms with E-state index in [9.17, 15) is 4.79 Å². The van der Waals surface area contributed by atoms with Crippen LogP contribution in [0.2, 0.25) is 0 Å². The van der Waals surface area contributed by atoms with Gasteiger partial charge in [0, 0.05) is 5.92 Å². The molecule has 4 unspecified atom stereocenters. The fourth-order valence-corrected chi connectivity index (χ4v) is 4.86. The van der Waals surface area contributed by atoms with Crippen LogP contribution < -0.4 is 0 Å². The van der Waals surface area contributed by atoms with Crippen molar-refractivity contribution >= 4 is 27.3 Å². The Bertz CT molecular complexity index is 949. The number of ether oxygens (including phenoxy) is 2. The van der Waals surface area contributed by atoms with Gasteiger partial charge in [-0.1, -0.05) is 48.5 Å². The van der Waals surface area contributed by atoms with E-state index in [1.807, 2.05) is 0 Å². The predicted molar refractivity (Wildman–Crippen MR) is 86.6 cm³/mol. The van der Waals surface area contributed by atoms with E-state index >= 15 is 0 Å². The molecule has 4 bridgehead atoms. The van der Waals surface area contributed by atoms with Crippen molar-refractivity contribution in [3.63, 3.8) is 0 Å². The highest BCUT2D eigenvalue weighted by atomic mass is 16.7. The van der Waals surface area contributed by atoms with Gasteiger partial charge < -0.3 is 9.47 Å². The van der Waals surface area contributed by atoms with E-state index in [-0.39, 0.29) is 23.7 Å². The van der Waals surface area contributed by atoms with Crippen molar-refractivity contribution < 1.29 is 14.3 Å². The predicted octanol–water partition coefficient (Wildman–Crippen LogP) is 3.50. The van der Waals surface area contributed by atoms with Crippen LogP contribution >= 0.6 is 0 Å². The molecule has 3 heteroatoms.